The Labute approximate surface area is 208 Å². The van der Waals surface area contributed by atoms with Crippen molar-refractivity contribution in [2.24, 2.45) is 0 Å². The zero-order valence-corrected chi connectivity index (χ0v) is 19.4. The molecule has 0 radical (unpaired) electrons. The second kappa shape index (κ2) is 9.50. The van der Waals surface area contributed by atoms with Crippen molar-refractivity contribution in [2.75, 3.05) is 10.2 Å². The molecule has 186 valence electrons. The van der Waals surface area contributed by atoms with E-state index in [2.05, 4.69) is 20.4 Å². The van der Waals surface area contributed by atoms with E-state index in [-0.39, 0.29) is 28.5 Å². The molecule has 1 aliphatic heterocycles. The third kappa shape index (κ3) is 5.41. The van der Waals surface area contributed by atoms with Gasteiger partial charge in [0, 0.05) is 12.6 Å². The van der Waals surface area contributed by atoms with Gasteiger partial charge in [-0.2, -0.15) is 0 Å². The zero-order chi connectivity index (χ0) is 26.1. The summed E-state index contributed by atoms with van der Waals surface area (Å²) >= 11 is 6.06. The lowest BCUT2D eigenvalue weighted by atomic mass is 9.93. The number of rotatable bonds is 6. The molecule has 1 atom stereocenters. The minimum Gasteiger partial charge on any atom is -0.406 e. The number of halogens is 4. The number of hydrogen-bond acceptors (Lipinski definition) is 5. The Morgan fingerprint density at radius 3 is 2.50 bits per heavy atom. The summed E-state index contributed by atoms with van der Waals surface area (Å²) in [5.74, 6) is -1.33. The van der Waals surface area contributed by atoms with Crippen LogP contribution in [-0.2, 0) is 11.2 Å². The van der Waals surface area contributed by atoms with Crippen molar-refractivity contribution in [1.82, 2.24) is 10.3 Å². The van der Waals surface area contributed by atoms with Crippen molar-refractivity contribution in [3.05, 3.63) is 83.0 Å². The number of amides is 4. The number of nitrogens with zero attached hydrogens (tertiary/aromatic N) is 2. The summed E-state index contributed by atoms with van der Waals surface area (Å²) in [5.41, 5.74) is -0.424. The summed E-state index contributed by atoms with van der Waals surface area (Å²) in [7, 11) is 0. The Balaban J connectivity index is 1.49. The molecule has 1 aliphatic rings. The predicted molar refractivity (Wildman–Crippen MR) is 125 cm³/mol. The van der Waals surface area contributed by atoms with Crippen molar-refractivity contribution in [3.63, 3.8) is 0 Å². The molecule has 1 fully saturated rings. The Hall–Kier alpha value is -4.12. The molecule has 1 saturated heterocycles. The fraction of sp³-hybridized carbons (Fsp3) is 0.167. The average Bonchev–Trinajstić information content (AvgIpc) is 3.01. The van der Waals surface area contributed by atoms with E-state index < -0.39 is 35.5 Å². The number of benzene rings is 2. The summed E-state index contributed by atoms with van der Waals surface area (Å²) in [4.78, 5) is 43.3. The van der Waals surface area contributed by atoms with Crippen LogP contribution >= 0.6 is 11.6 Å². The monoisotopic (exact) mass is 518 g/mol. The molecule has 3 aromatic rings. The van der Waals surface area contributed by atoms with E-state index >= 15 is 0 Å². The Bertz CT molecular complexity index is 1330. The van der Waals surface area contributed by atoms with Crippen LogP contribution < -0.4 is 20.3 Å². The van der Waals surface area contributed by atoms with Crippen LogP contribution in [0.2, 0.25) is 5.02 Å². The first-order chi connectivity index (χ1) is 16.9. The van der Waals surface area contributed by atoms with E-state index in [9.17, 15) is 27.6 Å². The minimum absolute atomic E-state index is 0.0564. The van der Waals surface area contributed by atoms with Gasteiger partial charge < -0.3 is 15.4 Å². The fourth-order valence-electron chi connectivity index (χ4n) is 3.73. The lowest BCUT2D eigenvalue weighted by molar-refractivity contribution is -0.274. The summed E-state index contributed by atoms with van der Waals surface area (Å²) in [6.45, 7) is 1.52. The van der Waals surface area contributed by atoms with Gasteiger partial charge in [-0.15, -0.1) is 13.2 Å². The normalized spacial score (nSPS) is 17.6. The lowest BCUT2D eigenvalue weighted by Crippen LogP contribution is -2.46. The van der Waals surface area contributed by atoms with Gasteiger partial charge in [0.25, 0.3) is 11.8 Å². The number of ether oxygens (including phenoxy) is 1. The van der Waals surface area contributed by atoms with Crippen molar-refractivity contribution < 1.29 is 32.3 Å². The smallest absolute Gasteiger partial charge is 0.406 e. The molecule has 2 heterocycles. The van der Waals surface area contributed by atoms with Gasteiger partial charge in [-0.1, -0.05) is 23.7 Å². The second-order valence-corrected chi connectivity index (χ2v) is 8.51. The highest BCUT2D eigenvalue weighted by Gasteiger charge is 2.48. The number of carbonyl (C=O) groups is 3. The van der Waals surface area contributed by atoms with Gasteiger partial charge in [-0.25, -0.2) is 14.7 Å². The fourth-order valence-corrected chi connectivity index (χ4v) is 3.95. The predicted octanol–water partition coefficient (Wildman–Crippen LogP) is 4.94. The number of urea groups is 1. The highest BCUT2D eigenvalue weighted by Crippen LogP contribution is 2.30. The molecule has 2 N–H and O–H groups in total. The van der Waals surface area contributed by atoms with Crippen molar-refractivity contribution in [2.45, 2.75) is 25.2 Å². The molecular formula is C24H18ClF3N4O4. The molecule has 1 unspecified atom stereocenters. The van der Waals surface area contributed by atoms with Gasteiger partial charge in [0.15, 0.2) is 0 Å². The van der Waals surface area contributed by atoms with Crippen LogP contribution in [0, 0.1) is 0 Å². The average molecular weight is 519 g/mol. The minimum atomic E-state index is -4.86. The summed E-state index contributed by atoms with van der Waals surface area (Å²) in [5, 5.41) is 5.54. The molecule has 8 nitrogen and oxygen atoms in total. The van der Waals surface area contributed by atoms with Crippen molar-refractivity contribution in [3.8, 4) is 5.75 Å². The van der Waals surface area contributed by atoms with Gasteiger partial charge in [-0.05, 0) is 61.0 Å². The first-order valence-electron chi connectivity index (χ1n) is 10.5. The van der Waals surface area contributed by atoms with Gasteiger partial charge >= 0.3 is 12.4 Å². The van der Waals surface area contributed by atoms with E-state index in [1.54, 1.807) is 36.4 Å². The van der Waals surface area contributed by atoms with Gasteiger partial charge in [0.1, 0.15) is 17.1 Å². The van der Waals surface area contributed by atoms with E-state index in [1.165, 1.54) is 25.3 Å². The van der Waals surface area contributed by atoms with Gasteiger partial charge in [0.05, 0.1) is 16.3 Å². The van der Waals surface area contributed by atoms with Crippen LogP contribution in [0.3, 0.4) is 0 Å². The number of aromatic nitrogens is 1. The number of imide groups is 1. The summed E-state index contributed by atoms with van der Waals surface area (Å²) in [6, 6.07) is 13.3. The number of carbonyl (C=O) groups excluding carboxylic acids is 3. The summed E-state index contributed by atoms with van der Waals surface area (Å²) in [6.07, 6.45) is -3.36. The second-order valence-electron chi connectivity index (χ2n) is 8.10. The van der Waals surface area contributed by atoms with Crippen molar-refractivity contribution >= 4 is 41.0 Å². The molecule has 0 bridgehead atoms. The maximum absolute atomic E-state index is 13.2. The van der Waals surface area contributed by atoms with Crippen LogP contribution in [0.5, 0.6) is 5.75 Å². The van der Waals surface area contributed by atoms with Crippen LogP contribution in [0.4, 0.5) is 29.5 Å². The van der Waals surface area contributed by atoms with E-state index in [1.807, 2.05) is 0 Å². The Morgan fingerprint density at radius 1 is 1.14 bits per heavy atom. The van der Waals surface area contributed by atoms with Gasteiger partial charge in [-0.3, -0.25) is 9.59 Å². The number of nitrogens with one attached hydrogen (secondary N) is 2. The molecule has 4 amide bonds. The van der Waals surface area contributed by atoms with Crippen LogP contribution in [0.1, 0.15) is 22.8 Å². The zero-order valence-electron chi connectivity index (χ0n) is 18.6. The topological polar surface area (TPSA) is 101 Å². The van der Waals surface area contributed by atoms with Crippen LogP contribution in [0.15, 0.2) is 66.9 Å². The van der Waals surface area contributed by atoms with E-state index in [0.717, 1.165) is 17.0 Å². The molecule has 2 aromatic carbocycles. The largest absolute Gasteiger partial charge is 0.573 e. The Kier molecular flexibility index (Phi) is 6.59. The maximum atomic E-state index is 13.2. The quantitative estimate of drug-likeness (QED) is 0.450. The third-order valence-electron chi connectivity index (χ3n) is 5.33. The van der Waals surface area contributed by atoms with E-state index in [4.69, 9.17) is 11.6 Å². The molecular weight excluding hydrogens is 501 g/mol. The number of alkyl halides is 3. The van der Waals surface area contributed by atoms with Crippen molar-refractivity contribution in [1.29, 1.82) is 0 Å². The van der Waals surface area contributed by atoms with Gasteiger partial charge in [0.2, 0.25) is 0 Å². The molecule has 4 rings (SSSR count). The first kappa shape index (κ1) is 25.0. The highest BCUT2D eigenvalue weighted by atomic mass is 35.5. The molecule has 12 heteroatoms. The van der Waals surface area contributed by atoms with Crippen LogP contribution in [0.25, 0.3) is 0 Å². The lowest BCUT2D eigenvalue weighted by Gasteiger charge is -2.22. The highest BCUT2D eigenvalue weighted by molar-refractivity contribution is 6.34. The van der Waals surface area contributed by atoms with Crippen LogP contribution in [-0.4, -0.2) is 34.7 Å². The SMILES string of the molecule is CC1(Cc2ccnc(NC(=O)c3ccccc3Cl)c2)NC(=O)N(c2ccc(OC(F)(F)F)cc2)C1=O. The summed E-state index contributed by atoms with van der Waals surface area (Å²) < 4.78 is 41.0. The standard InChI is InChI=1S/C24H18ClF3N4O4/c1-23(13-14-10-11-29-19(12-14)30-20(33)17-4-2-3-5-18(17)25)21(34)32(22(35)31-23)15-6-8-16(9-7-15)36-24(26,27)28/h2-12H,13H2,1H3,(H,31,35)(H,29,30,33). The number of pyridine rings is 1. The molecule has 0 aliphatic carbocycles. The molecule has 36 heavy (non-hydrogen) atoms. The Morgan fingerprint density at radius 2 is 1.83 bits per heavy atom. The first-order valence-corrected chi connectivity index (χ1v) is 10.9. The number of anilines is 2. The third-order valence-corrected chi connectivity index (χ3v) is 5.66. The molecule has 0 saturated carbocycles. The maximum Gasteiger partial charge on any atom is 0.573 e. The van der Waals surface area contributed by atoms with E-state index in [0.29, 0.717) is 5.56 Å². The molecule has 0 spiro atoms. The molecule has 1 aromatic heterocycles. The number of hydrogen-bond donors (Lipinski definition) is 2.